The fourth-order valence-electron chi connectivity index (χ4n) is 1.96. The zero-order chi connectivity index (χ0) is 19.0. The van der Waals surface area contributed by atoms with Gasteiger partial charge in [0.15, 0.2) is 5.96 Å². The van der Waals surface area contributed by atoms with Gasteiger partial charge in [-0.3, -0.25) is 9.20 Å². The van der Waals surface area contributed by atoms with E-state index in [1.54, 1.807) is 18.2 Å². The number of benzene rings is 1. The Morgan fingerprint density at radius 1 is 1.24 bits per heavy atom. The number of guanidine groups is 1. The van der Waals surface area contributed by atoms with Crippen LogP contribution in [0.15, 0.2) is 23.2 Å². The van der Waals surface area contributed by atoms with Gasteiger partial charge < -0.3 is 15.7 Å². The van der Waals surface area contributed by atoms with Crippen molar-refractivity contribution in [2.45, 2.75) is 38.5 Å². The minimum atomic E-state index is -0.929. The van der Waals surface area contributed by atoms with Gasteiger partial charge in [0.25, 0.3) is 0 Å². The second kappa shape index (κ2) is 10.4. The molecule has 0 amide bonds. The lowest BCUT2D eigenvalue weighted by atomic mass is 10.1. The molecule has 0 aromatic heterocycles. The highest BCUT2D eigenvalue weighted by Gasteiger charge is 2.18. The van der Waals surface area contributed by atoms with E-state index in [4.69, 9.17) is 23.2 Å². The summed E-state index contributed by atoms with van der Waals surface area (Å²) >= 11 is 11.9. The number of nitrogens with one attached hydrogen (secondary N) is 2. The van der Waals surface area contributed by atoms with Gasteiger partial charge in [-0.1, -0.05) is 23.2 Å². The monoisotopic (exact) mass is 407 g/mol. The molecule has 0 aliphatic heterocycles. The first-order valence-electron chi connectivity index (χ1n) is 8.18. The van der Waals surface area contributed by atoms with E-state index in [1.807, 2.05) is 27.7 Å². The van der Waals surface area contributed by atoms with E-state index in [9.17, 15) is 9.32 Å². The van der Waals surface area contributed by atoms with Crippen LogP contribution in [0.5, 0.6) is 0 Å². The third-order valence-electron chi connectivity index (χ3n) is 3.30. The number of aliphatic hydroxyl groups is 1. The quantitative estimate of drug-likeness (QED) is 0.479. The van der Waals surface area contributed by atoms with Crippen molar-refractivity contribution in [3.63, 3.8) is 0 Å². The molecular weight excluding hydrogens is 381 g/mol. The van der Waals surface area contributed by atoms with Crippen LogP contribution in [0.2, 0.25) is 10.0 Å². The zero-order valence-electron chi connectivity index (χ0n) is 15.1. The van der Waals surface area contributed by atoms with Crippen molar-refractivity contribution in [1.82, 2.24) is 10.6 Å². The number of rotatable bonds is 7. The lowest BCUT2D eigenvalue weighted by molar-refractivity contribution is 0.187. The topological polar surface area (TPSA) is 73.7 Å². The molecule has 0 heterocycles. The molecule has 1 aromatic rings. The van der Waals surface area contributed by atoms with Gasteiger partial charge in [-0.2, -0.15) is 0 Å². The highest BCUT2D eigenvalue weighted by molar-refractivity contribution is 7.86. The molecule has 8 heteroatoms. The minimum Gasteiger partial charge on any atom is -0.386 e. The predicted octanol–water partition coefficient (Wildman–Crippen LogP) is 3.13. The Kier molecular flexibility index (Phi) is 9.21. The van der Waals surface area contributed by atoms with E-state index in [0.29, 0.717) is 40.4 Å². The van der Waals surface area contributed by atoms with Crippen molar-refractivity contribution in [1.29, 1.82) is 0 Å². The average molecular weight is 408 g/mol. The van der Waals surface area contributed by atoms with E-state index in [-0.39, 0.29) is 11.3 Å². The summed E-state index contributed by atoms with van der Waals surface area (Å²) in [5.41, 5.74) is 0.617. The maximum Gasteiger partial charge on any atom is 0.191 e. The van der Waals surface area contributed by atoms with Gasteiger partial charge in [-0.25, -0.2) is 0 Å². The van der Waals surface area contributed by atoms with Crippen LogP contribution in [-0.4, -0.2) is 45.4 Å². The average Bonchev–Trinajstić information content (AvgIpc) is 2.50. The standard InChI is InChI=1S/C17H27Cl2N3O2S/c1-5-20-16(21-6-7-25(24)17(2,3)4)22-11-15(23)12-8-13(18)10-14(19)9-12/h8-10,15,23H,5-7,11H2,1-4H3,(H2,20,21,22). The molecule has 0 saturated carbocycles. The Labute approximate surface area is 162 Å². The molecule has 0 radical (unpaired) electrons. The molecule has 0 fully saturated rings. The Morgan fingerprint density at radius 3 is 2.36 bits per heavy atom. The van der Waals surface area contributed by atoms with Gasteiger partial charge in [0.05, 0.1) is 12.6 Å². The van der Waals surface area contributed by atoms with E-state index in [2.05, 4.69) is 15.6 Å². The van der Waals surface area contributed by atoms with Crippen molar-refractivity contribution in [2.24, 2.45) is 4.99 Å². The Balaban J connectivity index is 2.63. The smallest absolute Gasteiger partial charge is 0.191 e. The van der Waals surface area contributed by atoms with Crippen LogP contribution in [0.3, 0.4) is 0 Å². The van der Waals surface area contributed by atoms with Crippen LogP contribution in [-0.2, 0) is 10.8 Å². The fourth-order valence-corrected chi connectivity index (χ4v) is 3.40. The summed E-state index contributed by atoms with van der Waals surface area (Å²) in [6, 6.07) is 4.95. The number of aliphatic imine (C=N–C) groups is 1. The molecule has 1 aromatic carbocycles. The molecule has 0 aliphatic carbocycles. The molecule has 5 nitrogen and oxygen atoms in total. The normalized spacial score (nSPS) is 14.9. The summed E-state index contributed by atoms with van der Waals surface area (Å²) in [4.78, 5) is 4.37. The van der Waals surface area contributed by atoms with E-state index < -0.39 is 16.9 Å². The Morgan fingerprint density at radius 2 is 1.84 bits per heavy atom. The first kappa shape index (κ1) is 22.2. The number of halogens is 2. The van der Waals surface area contributed by atoms with Crippen LogP contribution in [0.4, 0.5) is 0 Å². The number of aliphatic hydroxyl groups excluding tert-OH is 1. The maximum atomic E-state index is 12.1. The zero-order valence-corrected chi connectivity index (χ0v) is 17.4. The molecule has 0 spiro atoms. The van der Waals surface area contributed by atoms with Crippen LogP contribution in [0, 0.1) is 0 Å². The van der Waals surface area contributed by atoms with Gasteiger partial charge in [-0.05, 0) is 51.5 Å². The summed E-state index contributed by atoms with van der Waals surface area (Å²) < 4.78 is 11.8. The van der Waals surface area contributed by atoms with Gasteiger partial charge in [0.2, 0.25) is 0 Å². The third-order valence-corrected chi connectivity index (χ3v) is 5.68. The molecular formula is C17H27Cl2N3O2S. The third kappa shape index (κ3) is 8.40. The summed E-state index contributed by atoms with van der Waals surface area (Å²) in [7, 11) is -0.929. The van der Waals surface area contributed by atoms with Crippen LogP contribution < -0.4 is 10.6 Å². The number of nitrogens with zero attached hydrogens (tertiary/aromatic N) is 1. The second-order valence-electron chi connectivity index (χ2n) is 6.53. The van der Waals surface area contributed by atoms with E-state index >= 15 is 0 Å². The minimum absolute atomic E-state index is 0.161. The second-order valence-corrected chi connectivity index (χ2v) is 9.72. The largest absolute Gasteiger partial charge is 0.386 e. The van der Waals surface area contributed by atoms with E-state index in [1.165, 1.54) is 0 Å². The van der Waals surface area contributed by atoms with Crippen LogP contribution in [0.25, 0.3) is 0 Å². The summed E-state index contributed by atoms with van der Waals surface area (Å²) in [6.45, 7) is 9.20. The van der Waals surface area contributed by atoms with Crippen LogP contribution in [0.1, 0.15) is 39.4 Å². The molecule has 25 heavy (non-hydrogen) atoms. The molecule has 0 saturated heterocycles. The SMILES string of the molecule is CCNC(=NCC(O)c1cc(Cl)cc(Cl)c1)NCCS(=O)C(C)(C)C. The maximum absolute atomic E-state index is 12.1. The molecule has 2 unspecified atom stereocenters. The number of hydrogen-bond donors (Lipinski definition) is 3. The van der Waals surface area contributed by atoms with Crippen molar-refractivity contribution in [2.75, 3.05) is 25.4 Å². The molecule has 0 bridgehead atoms. The van der Waals surface area contributed by atoms with E-state index in [0.717, 1.165) is 0 Å². The summed E-state index contributed by atoms with van der Waals surface area (Å²) in [5.74, 6) is 1.10. The first-order chi connectivity index (χ1) is 11.6. The highest BCUT2D eigenvalue weighted by atomic mass is 35.5. The van der Waals surface area contributed by atoms with Crippen molar-refractivity contribution in [3.8, 4) is 0 Å². The van der Waals surface area contributed by atoms with Gasteiger partial charge >= 0.3 is 0 Å². The Hall–Kier alpha value is -0.820. The Bertz CT molecular complexity index is 598. The lowest BCUT2D eigenvalue weighted by Gasteiger charge is -2.18. The van der Waals surface area contributed by atoms with Gasteiger partial charge in [0.1, 0.15) is 0 Å². The fraction of sp³-hybridized carbons (Fsp3) is 0.588. The van der Waals surface area contributed by atoms with Gasteiger partial charge in [-0.15, -0.1) is 0 Å². The van der Waals surface area contributed by atoms with Crippen LogP contribution >= 0.6 is 23.2 Å². The molecule has 142 valence electrons. The van der Waals surface area contributed by atoms with Crippen molar-refractivity contribution in [3.05, 3.63) is 33.8 Å². The molecule has 0 aliphatic rings. The summed E-state index contributed by atoms with van der Waals surface area (Å²) in [6.07, 6.45) is -0.810. The van der Waals surface area contributed by atoms with Gasteiger partial charge in [0, 0.05) is 44.4 Å². The number of hydrogen-bond acceptors (Lipinski definition) is 3. The molecule has 1 rings (SSSR count). The molecule has 2 atom stereocenters. The predicted molar refractivity (Wildman–Crippen MR) is 108 cm³/mol. The molecule has 3 N–H and O–H groups in total. The van der Waals surface area contributed by atoms with Crippen molar-refractivity contribution >= 4 is 40.0 Å². The first-order valence-corrected chi connectivity index (χ1v) is 10.3. The van der Waals surface area contributed by atoms with Crippen molar-refractivity contribution < 1.29 is 9.32 Å². The summed E-state index contributed by atoms with van der Waals surface area (Å²) in [5, 5.41) is 17.5. The highest BCUT2D eigenvalue weighted by Crippen LogP contribution is 2.23. The lowest BCUT2D eigenvalue weighted by Crippen LogP contribution is -2.40.